The van der Waals surface area contributed by atoms with E-state index >= 15 is 0 Å². The number of ether oxygens (including phenoxy) is 1. The molecule has 3 heteroatoms. The summed E-state index contributed by atoms with van der Waals surface area (Å²) in [6.45, 7) is 14.3. The monoisotopic (exact) mass is 244 g/mol. The lowest BCUT2D eigenvalue weighted by molar-refractivity contribution is 0.138. The van der Waals surface area contributed by atoms with Gasteiger partial charge in [0.25, 0.3) is 0 Å². The summed E-state index contributed by atoms with van der Waals surface area (Å²) in [5, 5.41) is 3.46. The lowest BCUT2D eigenvalue weighted by atomic mass is 10.1. The molecule has 0 aromatic rings. The van der Waals surface area contributed by atoms with Crippen LogP contribution >= 0.6 is 0 Å². The van der Waals surface area contributed by atoms with Crippen LogP contribution in [0.5, 0.6) is 0 Å². The molecule has 0 spiro atoms. The lowest BCUT2D eigenvalue weighted by Crippen LogP contribution is -2.33. The van der Waals surface area contributed by atoms with Gasteiger partial charge in [0.1, 0.15) is 0 Å². The zero-order valence-corrected chi connectivity index (χ0v) is 12.5. The van der Waals surface area contributed by atoms with Crippen molar-refractivity contribution in [2.24, 2.45) is 5.92 Å². The molecule has 3 nitrogen and oxygen atoms in total. The van der Waals surface area contributed by atoms with Gasteiger partial charge in [0.2, 0.25) is 0 Å². The van der Waals surface area contributed by atoms with E-state index in [9.17, 15) is 0 Å². The fraction of sp³-hybridized carbons (Fsp3) is 1.00. The first-order valence-electron chi connectivity index (χ1n) is 7.04. The van der Waals surface area contributed by atoms with Gasteiger partial charge >= 0.3 is 0 Å². The molecule has 0 saturated carbocycles. The van der Waals surface area contributed by atoms with Crippen molar-refractivity contribution < 1.29 is 4.74 Å². The van der Waals surface area contributed by atoms with Crippen LogP contribution in [-0.2, 0) is 4.74 Å². The topological polar surface area (TPSA) is 24.5 Å². The van der Waals surface area contributed by atoms with E-state index in [1.54, 1.807) is 7.11 Å². The van der Waals surface area contributed by atoms with Crippen LogP contribution in [0.1, 0.15) is 40.5 Å². The van der Waals surface area contributed by atoms with Crippen LogP contribution in [0.15, 0.2) is 0 Å². The lowest BCUT2D eigenvalue weighted by Gasteiger charge is -2.24. The van der Waals surface area contributed by atoms with Crippen molar-refractivity contribution in [2.75, 3.05) is 39.9 Å². The summed E-state index contributed by atoms with van der Waals surface area (Å²) in [6.07, 6.45) is 2.53. The molecule has 1 atom stereocenters. The summed E-state index contributed by atoms with van der Waals surface area (Å²) in [7, 11) is 1.78. The van der Waals surface area contributed by atoms with Gasteiger partial charge in [0.05, 0.1) is 6.61 Å². The predicted octanol–water partition coefficient (Wildman–Crippen LogP) is 2.37. The Morgan fingerprint density at radius 1 is 1.18 bits per heavy atom. The average Bonchev–Trinajstić information content (AvgIpc) is 2.25. The molecular weight excluding hydrogens is 212 g/mol. The molecule has 0 aliphatic rings. The quantitative estimate of drug-likeness (QED) is 0.604. The number of nitrogens with one attached hydrogen (secondary N) is 1. The highest BCUT2D eigenvalue weighted by atomic mass is 16.5. The molecule has 0 amide bonds. The maximum absolute atomic E-state index is 5.17. The van der Waals surface area contributed by atoms with Crippen LogP contribution in [0.2, 0.25) is 0 Å². The van der Waals surface area contributed by atoms with Crippen molar-refractivity contribution in [3.05, 3.63) is 0 Å². The van der Waals surface area contributed by atoms with Crippen molar-refractivity contribution in [1.29, 1.82) is 0 Å². The highest BCUT2D eigenvalue weighted by molar-refractivity contribution is 4.64. The third-order valence-corrected chi connectivity index (χ3v) is 2.90. The minimum atomic E-state index is 0.642. The Labute approximate surface area is 108 Å². The minimum Gasteiger partial charge on any atom is -0.383 e. The first kappa shape index (κ1) is 16.9. The summed E-state index contributed by atoms with van der Waals surface area (Å²) in [6, 6.07) is 0.642. The van der Waals surface area contributed by atoms with Crippen molar-refractivity contribution in [3.8, 4) is 0 Å². The Hall–Kier alpha value is -0.120. The molecule has 0 rings (SSSR count). The number of hydrogen-bond donors (Lipinski definition) is 1. The van der Waals surface area contributed by atoms with Gasteiger partial charge in [-0.2, -0.15) is 0 Å². The van der Waals surface area contributed by atoms with Crippen molar-refractivity contribution in [2.45, 2.75) is 46.6 Å². The molecule has 0 aliphatic carbocycles. The average molecular weight is 244 g/mol. The van der Waals surface area contributed by atoms with Gasteiger partial charge in [0.15, 0.2) is 0 Å². The van der Waals surface area contributed by atoms with E-state index in [0.717, 1.165) is 25.6 Å². The maximum atomic E-state index is 5.17. The number of rotatable bonds is 11. The van der Waals surface area contributed by atoms with Gasteiger partial charge < -0.3 is 15.0 Å². The van der Waals surface area contributed by atoms with Crippen LogP contribution in [0.3, 0.4) is 0 Å². The van der Waals surface area contributed by atoms with Gasteiger partial charge in [0, 0.05) is 26.2 Å². The first-order chi connectivity index (χ1) is 8.10. The van der Waals surface area contributed by atoms with Crippen molar-refractivity contribution in [3.63, 3.8) is 0 Å². The molecule has 17 heavy (non-hydrogen) atoms. The molecule has 1 N–H and O–H groups in total. The molecule has 0 bridgehead atoms. The molecule has 0 heterocycles. The minimum absolute atomic E-state index is 0.642. The van der Waals surface area contributed by atoms with E-state index in [0.29, 0.717) is 6.04 Å². The highest BCUT2D eigenvalue weighted by Crippen LogP contribution is 2.03. The van der Waals surface area contributed by atoms with E-state index < -0.39 is 0 Å². The maximum Gasteiger partial charge on any atom is 0.0589 e. The summed E-state index contributed by atoms with van der Waals surface area (Å²) in [5.41, 5.74) is 0. The van der Waals surface area contributed by atoms with Gasteiger partial charge in [-0.05, 0) is 38.8 Å². The molecule has 0 aliphatic heterocycles. The zero-order valence-electron chi connectivity index (χ0n) is 12.5. The first-order valence-corrected chi connectivity index (χ1v) is 7.04. The van der Waals surface area contributed by atoms with Crippen LogP contribution < -0.4 is 5.32 Å². The largest absolute Gasteiger partial charge is 0.383 e. The van der Waals surface area contributed by atoms with Crippen LogP contribution in [0, 0.1) is 5.92 Å². The Kier molecular flexibility index (Phi) is 10.9. The second-order valence-electron chi connectivity index (χ2n) is 5.29. The third-order valence-electron chi connectivity index (χ3n) is 2.90. The number of nitrogens with zero attached hydrogens (tertiary/aromatic N) is 1. The molecule has 0 fully saturated rings. The molecular formula is C14H32N2O. The Morgan fingerprint density at radius 3 is 2.41 bits per heavy atom. The molecule has 0 saturated heterocycles. The molecule has 1 unspecified atom stereocenters. The second-order valence-corrected chi connectivity index (χ2v) is 5.29. The Balaban J connectivity index is 3.73. The van der Waals surface area contributed by atoms with Gasteiger partial charge in [-0.1, -0.05) is 20.8 Å². The predicted molar refractivity (Wildman–Crippen MR) is 75.5 cm³/mol. The van der Waals surface area contributed by atoms with Crippen LogP contribution in [0.4, 0.5) is 0 Å². The van der Waals surface area contributed by atoms with E-state index in [1.807, 2.05) is 0 Å². The summed E-state index contributed by atoms with van der Waals surface area (Å²) < 4.78 is 5.17. The SMILES string of the molecule is CCNC(C)CCCN(CCOC)CC(C)C. The third kappa shape index (κ3) is 10.7. The van der Waals surface area contributed by atoms with Gasteiger partial charge in [-0.25, -0.2) is 0 Å². The fourth-order valence-electron chi connectivity index (χ4n) is 2.10. The summed E-state index contributed by atoms with van der Waals surface area (Å²) >= 11 is 0. The molecule has 104 valence electrons. The van der Waals surface area contributed by atoms with E-state index in [4.69, 9.17) is 4.74 Å². The van der Waals surface area contributed by atoms with E-state index in [-0.39, 0.29) is 0 Å². The summed E-state index contributed by atoms with van der Waals surface area (Å²) in [4.78, 5) is 2.52. The van der Waals surface area contributed by atoms with Gasteiger partial charge in [-0.3, -0.25) is 0 Å². The Morgan fingerprint density at radius 2 is 1.88 bits per heavy atom. The zero-order chi connectivity index (χ0) is 13.1. The van der Waals surface area contributed by atoms with Crippen LogP contribution in [-0.4, -0.2) is 50.8 Å². The highest BCUT2D eigenvalue weighted by Gasteiger charge is 2.08. The molecule has 0 aromatic heterocycles. The van der Waals surface area contributed by atoms with Crippen LogP contribution in [0.25, 0.3) is 0 Å². The summed E-state index contributed by atoms with van der Waals surface area (Å²) in [5.74, 6) is 0.734. The standard InChI is InChI=1S/C14H32N2O/c1-6-15-14(4)8-7-9-16(10-11-17-5)12-13(2)3/h13-15H,6-12H2,1-5H3. The number of methoxy groups -OCH3 is 1. The molecule has 0 aromatic carbocycles. The van der Waals surface area contributed by atoms with Crippen molar-refractivity contribution >= 4 is 0 Å². The fourth-order valence-corrected chi connectivity index (χ4v) is 2.10. The molecule has 0 radical (unpaired) electrons. The number of hydrogen-bond acceptors (Lipinski definition) is 3. The van der Waals surface area contributed by atoms with Crippen molar-refractivity contribution in [1.82, 2.24) is 10.2 Å². The van der Waals surface area contributed by atoms with E-state index in [2.05, 4.69) is 37.9 Å². The van der Waals surface area contributed by atoms with Gasteiger partial charge in [-0.15, -0.1) is 0 Å². The smallest absolute Gasteiger partial charge is 0.0589 e. The second kappa shape index (κ2) is 11.0. The Bertz CT molecular complexity index is 162. The van der Waals surface area contributed by atoms with E-state index in [1.165, 1.54) is 25.9 Å². The normalized spacial score (nSPS) is 13.6.